The zero-order valence-electron chi connectivity index (χ0n) is 13.6. The third kappa shape index (κ3) is 3.85. The molecule has 3 rings (SSSR count). The Bertz CT molecular complexity index is 373. The van der Waals surface area contributed by atoms with Crippen LogP contribution in [0.15, 0.2) is 0 Å². The van der Waals surface area contributed by atoms with Crippen LogP contribution < -0.4 is 5.73 Å². The first-order valence-corrected chi connectivity index (χ1v) is 9.27. The molecule has 0 aliphatic heterocycles. The van der Waals surface area contributed by atoms with Crippen LogP contribution in [-0.2, 0) is 0 Å². The predicted molar refractivity (Wildman–Crippen MR) is 83.1 cm³/mol. The summed E-state index contributed by atoms with van der Waals surface area (Å²) in [6, 6.07) is 0.294. The Morgan fingerprint density at radius 2 is 1.09 bits per heavy atom. The Morgan fingerprint density at radius 1 is 0.565 bits per heavy atom. The van der Waals surface area contributed by atoms with E-state index in [0.717, 1.165) is 32.1 Å². The SMILES string of the molecule is NC1CCC(C2CCC(C3CC(F)C(F)C(F)C3)C(F)C2)CC1. The second-order valence-electron chi connectivity index (χ2n) is 8.14. The second kappa shape index (κ2) is 7.28. The van der Waals surface area contributed by atoms with Crippen molar-refractivity contribution in [3.05, 3.63) is 0 Å². The van der Waals surface area contributed by atoms with Gasteiger partial charge in [0.2, 0.25) is 0 Å². The molecule has 0 aromatic carbocycles. The van der Waals surface area contributed by atoms with Gasteiger partial charge in [-0.05, 0) is 81.5 Å². The second-order valence-corrected chi connectivity index (χ2v) is 8.14. The van der Waals surface area contributed by atoms with Gasteiger partial charge in [-0.3, -0.25) is 0 Å². The highest BCUT2D eigenvalue weighted by Crippen LogP contribution is 2.46. The highest BCUT2D eigenvalue weighted by molar-refractivity contribution is 4.94. The summed E-state index contributed by atoms with van der Waals surface area (Å²) < 4.78 is 55.2. The minimum absolute atomic E-state index is 0.0182. The number of hydrogen-bond acceptors (Lipinski definition) is 1. The van der Waals surface area contributed by atoms with Gasteiger partial charge in [-0.15, -0.1) is 0 Å². The molecule has 3 aliphatic rings. The van der Waals surface area contributed by atoms with E-state index in [2.05, 4.69) is 0 Å². The first kappa shape index (κ1) is 17.5. The van der Waals surface area contributed by atoms with Crippen LogP contribution in [-0.4, -0.2) is 30.7 Å². The van der Waals surface area contributed by atoms with Gasteiger partial charge in [-0.25, -0.2) is 17.6 Å². The maximum Gasteiger partial charge on any atom is 0.162 e. The molecular formula is C18H29F4N. The average molecular weight is 335 g/mol. The fourth-order valence-corrected chi connectivity index (χ4v) is 5.26. The Hall–Kier alpha value is -0.320. The molecule has 23 heavy (non-hydrogen) atoms. The molecule has 1 nitrogen and oxygen atoms in total. The van der Waals surface area contributed by atoms with Crippen molar-refractivity contribution in [3.8, 4) is 0 Å². The smallest absolute Gasteiger partial charge is 0.162 e. The Kier molecular flexibility index (Phi) is 5.54. The predicted octanol–water partition coefficient (Wildman–Crippen LogP) is 4.68. The van der Waals surface area contributed by atoms with Crippen molar-refractivity contribution in [2.75, 3.05) is 0 Å². The van der Waals surface area contributed by atoms with Crippen LogP contribution in [0.4, 0.5) is 17.6 Å². The lowest BCUT2D eigenvalue weighted by molar-refractivity contribution is -0.0282. The van der Waals surface area contributed by atoms with Crippen LogP contribution in [0.5, 0.6) is 0 Å². The molecule has 3 fully saturated rings. The van der Waals surface area contributed by atoms with Gasteiger partial charge in [-0.2, -0.15) is 0 Å². The Morgan fingerprint density at radius 3 is 1.65 bits per heavy atom. The van der Waals surface area contributed by atoms with E-state index in [0.29, 0.717) is 30.7 Å². The maximum atomic E-state index is 14.7. The number of nitrogens with two attached hydrogens (primary N) is 1. The van der Waals surface area contributed by atoms with Crippen LogP contribution in [0.25, 0.3) is 0 Å². The molecule has 3 saturated carbocycles. The first-order valence-electron chi connectivity index (χ1n) is 9.27. The normalized spacial score (nSPS) is 52.3. The van der Waals surface area contributed by atoms with Gasteiger partial charge in [0.05, 0.1) is 0 Å². The van der Waals surface area contributed by atoms with Crippen molar-refractivity contribution in [3.63, 3.8) is 0 Å². The van der Waals surface area contributed by atoms with Gasteiger partial charge in [0, 0.05) is 6.04 Å². The lowest BCUT2D eigenvalue weighted by Gasteiger charge is -2.43. The zero-order valence-corrected chi connectivity index (χ0v) is 13.6. The quantitative estimate of drug-likeness (QED) is 0.728. The molecule has 0 saturated heterocycles. The van der Waals surface area contributed by atoms with Gasteiger partial charge in [0.25, 0.3) is 0 Å². The minimum atomic E-state index is -2.02. The van der Waals surface area contributed by atoms with Crippen molar-refractivity contribution >= 4 is 0 Å². The van der Waals surface area contributed by atoms with E-state index in [1.54, 1.807) is 0 Å². The van der Waals surface area contributed by atoms with Crippen LogP contribution in [0.1, 0.15) is 57.8 Å². The lowest BCUT2D eigenvalue weighted by atomic mass is 9.65. The van der Waals surface area contributed by atoms with E-state index in [9.17, 15) is 17.6 Å². The van der Waals surface area contributed by atoms with E-state index < -0.39 is 24.7 Å². The molecule has 0 bridgehead atoms. The molecule has 0 amide bonds. The fraction of sp³-hybridized carbons (Fsp3) is 1.00. The third-order valence-electron chi connectivity index (χ3n) is 6.70. The summed E-state index contributed by atoms with van der Waals surface area (Å²) in [4.78, 5) is 0. The maximum absolute atomic E-state index is 14.7. The molecule has 0 aromatic rings. The molecule has 0 heterocycles. The summed E-state index contributed by atoms with van der Waals surface area (Å²) in [5, 5.41) is 0. The summed E-state index contributed by atoms with van der Waals surface area (Å²) in [5.41, 5.74) is 5.93. The number of alkyl halides is 4. The monoisotopic (exact) mass is 335 g/mol. The van der Waals surface area contributed by atoms with Crippen molar-refractivity contribution in [1.82, 2.24) is 0 Å². The fourth-order valence-electron chi connectivity index (χ4n) is 5.26. The zero-order chi connectivity index (χ0) is 16.6. The van der Waals surface area contributed by atoms with E-state index >= 15 is 0 Å². The number of halogens is 4. The van der Waals surface area contributed by atoms with Crippen molar-refractivity contribution in [1.29, 1.82) is 0 Å². The molecule has 134 valence electrons. The summed E-state index contributed by atoms with van der Waals surface area (Å²) in [5.74, 6) is 0.302. The standard InChI is InChI=1S/C18H29F4N/c19-15-7-11(10-1-4-13(23)5-2-10)3-6-14(15)12-8-16(20)18(22)17(21)9-12/h10-18H,1-9,23H2. The van der Waals surface area contributed by atoms with Gasteiger partial charge < -0.3 is 5.73 Å². The van der Waals surface area contributed by atoms with Gasteiger partial charge >= 0.3 is 0 Å². The number of hydrogen-bond donors (Lipinski definition) is 1. The van der Waals surface area contributed by atoms with E-state index in [-0.39, 0.29) is 24.7 Å². The average Bonchev–Trinajstić information content (AvgIpc) is 2.53. The van der Waals surface area contributed by atoms with Gasteiger partial charge in [0.15, 0.2) is 6.17 Å². The molecule has 0 spiro atoms. The lowest BCUT2D eigenvalue weighted by Crippen LogP contribution is -2.43. The Balaban J connectivity index is 1.54. The van der Waals surface area contributed by atoms with E-state index in [4.69, 9.17) is 5.73 Å². The van der Waals surface area contributed by atoms with Crippen LogP contribution in [0, 0.1) is 23.7 Å². The first-order chi connectivity index (χ1) is 11.0. The Labute approximate surface area is 136 Å². The molecule has 0 aromatic heterocycles. The highest BCUT2D eigenvalue weighted by atomic mass is 19.2. The third-order valence-corrected chi connectivity index (χ3v) is 6.70. The molecule has 5 unspecified atom stereocenters. The minimum Gasteiger partial charge on any atom is -0.328 e. The van der Waals surface area contributed by atoms with E-state index in [1.165, 1.54) is 0 Å². The highest BCUT2D eigenvalue weighted by Gasteiger charge is 2.45. The molecule has 5 heteroatoms. The van der Waals surface area contributed by atoms with Crippen molar-refractivity contribution in [2.24, 2.45) is 29.4 Å². The summed E-state index contributed by atoms with van der Waals surface area (Å²) in [7, 11) is 0. The van der Waals surface area contributed by atoms with Crippen molar-refractivity contribution < 1.29 is 17.6 Å². The van der Waals surface area contributed by atoms with Gasteiger partial charge in [-0.1, -0.05) is 0 Å². The molecule has 0 radical (unpaired) electrons. The molecule has 2 N–H and O–H groups in total. The number of rotatable bonds is 2. The summed E-state index contributed by atoms with van der Waals surface area (Å²) in [6.07, 6.45) is -0.253. The molecular weight excluding hydrogens is 306 g/mol. The van der Waals surface area contributed by atoms with Crippen LogP contribution in [0.3, 0.4) is 0 Å². The van der Waals surface area contributed by atoms with Crippen LogP contribution >= 0.6 is 0 Å². The van der Waals surface area contributed by atoms with Crippen molar-refractivity contribution in [2.45, 2.75) is 88.5 Å². The largest absolute Gasteiger partial charge is 0.328 e. The molecule has 3 aliphatic carbocycles. The summed E-state index contributed by atoms with van der Waals surface area (Å²) in [6.45, 7) is 0. The topological polar surface area (TPSA) is 26.0 Å². The van der Waals surface area contributed by atoms with E-state index in [1.807, 2.05) is 0 Å². The van der Waals surface area contributed by atoms with Crippen LogP contribution in [0.2, 0.25) is 0 Å². The van der Waals surface area contributed by atoms with Gasteiger partial charge in [0.1, 0.15) is 18.5 Å². The summed E-state index contributed by atoms with van der Waals surface area (Å²) >= 11 is 0. The molecule has 5 atom stereocenters.